The van der Waals surface area contributed by atoms with Crippen LogP contribution in [0.2, 0.25) is 0 Å². The molecule has 0 saturated carbocycles. The largest absolute Gasteiger partial charge is 0.508 e. The summed E-state index contributed by atoms with van der Waals surface area (Å²) in [6.07, 6.45) is -17.8. The van der Waals surface area contributed by atoms with E-state index in [2.05, 4.69) is 0 Å². The van der Waals surface area contributed by atoms with Crippen molar-refractivity contribution in [3.63, 3.8) is 0 Å². The molecule has 0 aliphatic carbocycles. The molecule has 0 saturated heterocycles. The van der Waals surface area contributed by atoms with E-state index in [-0.39, 0.29) is 73.9 Å². The summed E-state index contributed by atoms with van der Waals surface area (Å²) in [6, 6.07) is 43.0. The van der Waals surface area contributed by atoms with Gasteiger partial charge in [0.15, 0.2) is 0 Å². The number of rotatable bonds is 13. The lowest BCUT2D eigenvalue weighted by molar-refractivity contribution is -0.173. The zero-order chi connectivity index (χ0) is 63.8. The molecule has 0 aliphatic rings. The smallest absolute Gasteiger partial charge is 0.402 e. The quantitative estimate of drug-likeness (QED) is 0.0387. The highest BCUT2D eigenvalue weighted by molar-refractivity contribution is 5.75. The van der Waals surface area contributed by atoms with Crippen molar-refractivity contribution in [2.45, 2.75) is 101 Å². The number of alkyl halides is 12. The second-order valence-corrected chi connectivity index (χ2v) is 20.9. The molecule has 0 spiro atoms. The molecule has 0 radical (unpaired) electrons. The number of halogens is 12. The maximum absolute atomic E-state index is 14.4. The van der Waals surface area contributed by atoms with Gasteiger partial charge in [-0.15, -0.1) is 0 Å². The van der Waals surface area contributed by atoms with Crippen LogP contribution >= 0.6 is 0 Å². The van der Waals surface area contributed by atoms with Crippen LogP contribution in [0.1, 0.15) is 97.2 Å². The Hall–Kier alpha value is -8.94. The first-order valence-electron chi connectivity index (χ1n) is 26.4. The Morgan fingerprint density at radius 3 is 0.826 bits per heavy atom. The van der Waals surface area contributed by atoms with Gasteiger partial charge in [-0.3, -0.25) is 9.59 Å². The minimum Gasteiger partial charge on any atom is -0.508 e. The Balaban J connectivity index is 0.000000242. The van der Waals surface area contributed by atoms with Crippen LogP contribution < -0.4 is 20.9 Å². The fourth-order valence-corrected chi connectivity index (χ4v) is 9.44. The number of aromatic hydroxyl groups is 2. The van der Waals surface area contributed by atoms with Crippen molar-refractivity contribution in [1.82, 2.24) is 0 Å². The van der Waals surface area contributed by atoms with Gasteiger partial charge in [-0.25, -0.2) is 0 Å². The molecule has 8 nitrogen and oxygen atoms in total. The summed E-state index contributed by atoms with van der Waals surface area (Å²) in [5.41, 5.74) is 4.43. The van der Waals surface area contributed by atoms with E-state index < -0.39 is 58.3 Å². The van der Waals surface area contributed by atoms with Crippen LogP contribution in [0.25, 0.3) is 0 Å². The van der Waals surface area contributed by atoms with Gasteiger partial charge in [0.05, 0.1) is 6.42 Å². The lowest BCUT2D eigenvalue weighted by Gasteiger charge is -2.33. The minimum atomic E-state index is -4.71. The van der Waals surface area contributed by atoms with Crippen molar-refractivity contribution in [2.75, 3.05) is 11.5 Å². The molecule has 2 atom stereocenters. The molecule has 0 bridgehead atoms. The Morgan fingerprint density at radius 1 is 0.360 bits per heavy atom. The number of benzene rings is 8. The van der Waals surface area contributed by atoms with Crippen LogP contribution in [0.5, 0.6) is 23.0 Å². The van der Waals surface area contributed by atoms with Gasteiger partial charge in [0, 0.05) is 18.3 Å². The summed E-state index contributed by atoms with van der Waals surface area (Å²) in [5.74, 6) is -1.43. The predicted octanol–water partition coefficient (Wildman–Crippen LogP) is 16.7. The third kappa shape index (κ3) is 14.4. The molecular formula is C66H60F12N2O6. The molecule has 0 heterocycles. The van der Waals surface area contributed by atoms with E-state index in [0.29, 0.717) is 23.4 Å². The van der Waals surface area contributed by atoms with E-state index in [9.17, 15) is 72.5 Å². The van der Waals surface area contributed by atoms with Crippen molar-refractivity contribution in [1.29, 1.82) is 0 Å². The van der Waals surface area contributed by atoms with Crippen LogP contribution in [0.15, 0.2) is 194 Å². The number of ether oxygens (including phenoxy) is 2. The van der Waals surface area contributed by atoms with Gasteiger partial charge in [-0.05, 0) is 163 Å². The van der Waals surface area contributed by atoms with Gasteiger partial charge in [-0.2, -0.15) is 52.7 Å². The lowest BCUT2D eigenvalue weighted by atomic mass is 9.75. The normalized spacial score (nSPS) is 13.6. The number of esters is 2. The summed E-state index contributed by atoms with van der Waals surface area (Å²) in [4.78, 5) is 23.8. The molecule has 8 aromatic carbocycles. The fourth-order valence-electron chi connectivity index (χ4n) is 9.44. The second kappa shape index (κ2) is 25.7. The van der Waals surface area contributed by atoms with E-state index in [1.807, 2.05) is 6.92 Å². The standard InChI is InChI=1S/C36H32F6O4.C15H15F3N2.C15H13F3O2/c1-5-24-6-10-26(11-7-24)33(3,35(37,38)39)27-12-8-25(9-13-27)22-32(44)46-31-20-16-29(17-21-31)34(4,36(40,41)42)28-14-18-30(19-15-28)45-23(2)43;2*1-14(15(16,17)18,10-2-6-12(19)7-3-10)11-4-8-13(20)9-5-11/h6-21H,5,22H2,1-4H3;2-9H,19-20H2,1H3;2-9,19-20H,1H3. The summed E-state index contributed by atoms with van der Waals surface area (Å²) < 4.78 is 178. The predicted molar refractivity (Wildman–Crippen MR) is 304 cm³/mol. The first-order valence-corrected chi connectivity index (χ1v) is 26.4. The lowest BCUT2D eigenvalue weighted by Crippen LogP contribution is -2.40. The topological polar surface area (TPSA) is 145 Å². The molecule has 20 heteroatoms. The molecule has 2 unspecified atom stereocenters. The summed E-state index contributed by atoms with van der Waals surface area (Å²) in [7, 11) is 0. The van der Waals surface area contributed by atoms with Crippen LogP contribution in [0.4, 0.5) is 64.1 Å². The van der Waals surface area contributed by atoms with Gasteiger partial charge in [0.25, 0.3) is 0 Å². The van der Waals surface area contributed by atoms with Crippen molar-refractivity contribution in [3.05, 3.63) is 250 Å². The number of nitrogen functional groups attached to an aromatic ring is 2. The summed E-state index contributed by atoms with van der Waals surface area (Å²) in [6.45, 7) is 7.46. The van der Waals surface area contributed by atoms with E-state index in [1.54, 1.807) is 12.1 Å². The number of carbonyl (C=O) groups is 2. The average molecular weight is 1210 g/mol. The van der Waals surface area contributed by atoms with Crippen molar-refractivity contribution < 1.29 is 82.0 Å². The molecule has 0 aliphatic heterocycles. The molecule has 8 rings (SSSR count). The van der Waals surface area contributed by atoms with E-state index in [0.717, 1.165) is 33.3 Å². The Morgan fingerprint density at radius 2 is 0.581 bits per heavy atom. The maximum atomic E-state index is 14.4. The van der Waals surface area contributed by atoms with Crippen LogP contribution in [0, 0.1) is 0 Å². The first kappa shape index (κ1) is 66.2. The van der Waals surface area contributed by atoms with Gasteiger partial charge in [0.1, 0.15) is 44.7 Å². The monoisotopic (exact) mass is 1200 g/mol. The number of aryl methyl sites for hydroxylation is 1. The van der Waals surface area contributed by atoms with Gasteiger partial charge < -0.3 is 31.2 Å². The van der Waals surface area contributed by atoms with Crippen LogP contribution in [0.3, 0.4) is 0 Å². The van der Waals surface area contributed by atoms with Crippen molar-refractivity contribution >= 4 is 23.3 Å². The third-order valence-electron chi connectivity index (χ3n) is 15.3. The molecule has 0 amide bonds. The third-order valence-corrected chi connectivity index (χ3v) is 15.3. The zero-order valence-corrected chi connectivity index (χ0v) is 47.1. The Kier molecular flexibility index (Phi) is 19.8. The van der Waals surface area contributed by atoms with Crippen molar-refractivity contribution in [3.8, 4) is 23.0 Å². The highest BCUT2D eigenvalue weighted by Crippen LogP contribution is 2.50. The van der Waals surface area contributed by atoms with Crippen LogP contribution in [-0.4, -0.2) is 46.9 Å². The van der Waals surface area contributed by atoms with Gasteiger partial charge in [0.2, 0.25) is 0 Å². The number of phenols is 2. The molecule has 8 aromatic rings. The minimum absolute atomic E-state index is 0.000253. The molecule has 0 fully saturated rings. The van der Waals surface area contributed by atoms with Gasteiger partial charge in [-0.1, -0.05) is 128 Å². The number of phenolic OH excluding ortho intramolecular Hbond substituents is 2. The fraction of sp³-hybridized carbons (Fsp3) is 0.242. The highest BCUT2D eigenvalue weighted by atomic mass is 19.4. The SMILES string of the molecule is CC(c1ccc(N)cc1)(c1ccc(N)cc1)C(F)(F)F.CC(c1ccc(O)cc1)(c1ccc(O)cc1)C(F)(F)F.CCc1ccc(C(C)(c2ccc(CC(=O)Oc3ccc(C(C)(c4ccc(OC(C)=O)cc4)C(F)(F)F)cc3)cc2)C(F)(F)F)cc1. The number of hydrogen-bond donors (Lipinski definition) is 4. The van der Waals surface area contributed by atoms with E-state index >= 15 is 0 Å². The molecule has 0 aromatic heterocycles. The summed E-state index contributed by atoms with van der Waals surface area (Å²) in [5, 5.41) is 18.4. The zero-order valence-electron chi connectivity index (χ0n) is 47.1. The highest BCUT2D eigenvalue weighted by Gasteiger charge is 2.56. The average Bonchev–Trinajstić information content (AvgIpc) is 1.19. The molecule has 454 valence electrons. The molecule has 86 heavy (non-hydrogen) atoms. The number of anilines is 2. The Bertz CT molecular complexity index is 3330. The number of hydrogen-bond acceptors (Lipinski definition) is 8. The van der Waals surface area contributed by atoms with Gasteiger partial charge >= 0.3 is 36.6 Å². The van der Waals surface area contributed by atoms with Crippen LogP contribution in [-0.2, 0) is 44.1 Å². The van der Waals surface area contributed by atoms with E-state index in [1.165, 1.54) is 189 Å². The van der Waals surface area contributed by atoms with E-state index in [4.69, 9.17) is 20.9 Å². The van der Waals surface area contributed by atoms with Crippen molar-refractivity contribution in [2.24, 2.45) is 0 Å². The number of nitrogens with two attached hydrogens (primary N) is 2. The second-order valence-electron chi connectivity index (χ2n) is 20.9. The molecule has 6 N–H and O–H groups in total. The molecular weight excluding hydrogens is 1140 g/mol. The summed E-state index contributed by atoms with van der Waals surface area (Å²) >= 11 is 0. The maximum Gasteiger partial charge on any atom is 0.402 e. The first-order chi connectivity index (χ1) is 40.0. The Labute approximate surface area is 488 Å². The number of carbonyl (C=O) groups excluding carboxylic acids is 2.